The second kappa shape index (κ2) is 8.01. The lowest BCUT2D eigenvalue weighted by Crippen LogP contribution is -2.46. The fraction of sp³-hybridized carbons (Fsp3) is 0.529. The van der Waals surface area contributed by atoms with Crippen LogP contribution in [-0.4, -0.2) is 25.0 Å². The van der Waals surface area contributed by atoms with Gasteiger partial charge in [-0.1, -0.05) is 18.9 Å². The number of likely N-dealkylation sites (N-methyl/N-ethyl adjacent to an activating group) is 1. The van der Waals surface area contributed by atoms with Gasteiger partial charge < -0.3 is 10.6 Å². The lowest BCUT2D eigenvalue weighted by molar-refractivity contribution is -0.198. The van der Waals surface area contributed by atoms with Crippen LogP contribution in [0.5, 0.6) is 0 Å². The van der Waals surface area contributed by atoms with Crippen LogP contribution >= 0.6 is 0 Å². The molecule has 1 aliphatic carbocycles. The first-order valence-corrected chi connectivity index (χ1v) is 8.18. The van der Waals surface area contributed by atoms with Crippen molar-refractivity contribution >= 4 is 11.8 Å². The number of alkyl halides is 3. The summed E-state index contributed by atoms with van der Waals surface area (Å²) in [6, 6.07) is 1.20. The smallest absolute Gasteiger partial charge is 0.357 e. The fourth-order valence-corrected chi connectivity index (χ4v) is 3.22. The zero-order chi connectivity index (χ0) is 19.5. The van der Waals surface area contributed by atoms with Crippen molar-refractivity contribution in [1.82, 2.24) is 10.6 Å². The summed E-state index contributed by atoms with van der Waals surface area (Å²) >= 11 is 0. The molecule has 2 N–H and O–H groups in total. The maximum absolute atomic E-state index is 13.4. The minimum Gasteiger partial charge on any atom is -0.357 e. The Kier molecular flexibility index (Phi) is 6.20. The standard InChI is InChI=1S/C17H19F5N2O2/c1-23-16(26)14(9-6-7-12(18)13(19)8-9)24-15(25)10-4-2-3-5-11(10)17(20,21)22/h6-8,10-11,14H,2-5H2,1H3,(H,23,26)(H,24,25). The van der Waals surface area contributed by atoms with Gasteiger partial charge in [0.25, 0.3) is 0 Å². The third kappa shape index (κ3) is 4.50. The molecule has 3 unspecified atom stereocenters. The van der Waals surface area contributed by atoms with Crippen LogP contribution in [0.4, 0.5) is 22.0 Å². The van der Waals surface area contributed by atoms with E-state index in [2.05, 4.69) is 10.6 Å². The third-order valence-corrected chi connectivity index (χ3v) is 4.60. The van der Waals surface area contributed by atoms with Gasteiger partial charge in [0.1, 0.15) is 6.04 Å². The molecule has 0 aliphatic heterocycles. The van der Waals surface area contributed by atoms with Gasteiger partial charge in [0.05, 0.1) is 5.92 Å². The minimum absolute atomic E-state index is 0.0499. The second-order valence-electron chi connectivity index (χ2n) is 6.27. The van der Waals surface area contributed by atoms with E-state index in [0.29, 0.717) is 12.8 Å². The van der Waals surface area contributed by atoms with Crippen molar-refractivity contribution in [3.05, 3.63) is 35.4 Å². The number of benzene rings is 1. The van der Waals surface area contributed by atoms with E-state index < -0.39 is 47.5 Å². The highest BCUT2D eigenvalue weighted by molar-refractivity contribution is 5.89. The Balaban J connectivity index is 2.25. The van der Waals surface area contributed by atoms with E-state index >= 15 is 0 Å². The molecule has 26 heavy (non-hydrogen) atoms. The number of halogens is 5. The number of nitrogens with one attached hydrogen (secondary N) is 2. The van der Waals surface area contributed by atoms with Crippen molar-refractivity contribution < 1.29 is 31.5 Å². The highest BCUT2D eigenvalue weighted by Crippen LogP contribution is 2.41. The zero-order valence-electron chi connectivity index (χ0n) is 14.0. The molecule has 0 spiro atoms. The minimum atomic E-state index is -4.52. The number of carbonyl (C=O) groups excluding carboxylic acids is 2. The van der Waals surface area contributed by atoms with E-state index in [4.69, 9.17) is 0 Å². The Morgan fingerprint density at radius 1 is 1.12 bits per heavy atom. The van der Waals surface area contributed by atoms with Crippen molar-refractivity contribution in [2.75, 3.05) is 7.05 Å². The van der Waals surface area contributed by atoms with Crippen molar-refractivity contribution in [2.45, 2.75) is 37.9 Å². The quantitative estimate of drug-likeness (QED) is 0.791. The van der Waals surface area contributed by atoms with E-state index in [-0.39, 0.29) is 18.4 Å². The molecular formula is C17H19F5N2O2. The van der Waals surface area contributed by atoms with E-state index in [1.165, 1.54) is 7.05 Å². The molecule has 1 saturated carbocycles. The summed E-state index contributed by atoms with van der Waals surface area (Å²) in [5, 5.41) is 4.52. The van der Waals surface area contributed by atoms with Crippen LogP contribution < -0.4 is 10.6 Å². The lowest BCUT2D eigenvalue weighted by atomic mass is 9.78. The average Bonchev–Trinajstić information content (AvgIpc) is 2.60. The van der Waals surface area contributed by atoms with Gasteiger partial charge in [-0.25, -0.2) is 8.78 Å². The third-order valence-electron chi connectivity index (χ3n) is 4.60. The van der Waals surface area contributed by atoms with Gasteiger partial charge in [-0.05, 0) is 30.5 Å². The first kappa shape index (κ1) is 20.1. The van der Waals surface area contributed by atoms with Gasteiger partial charge in [-0.3, -0.25) is 9.59 Å². The van der Waals surface area contributed by atoms with E-state index in [1.807, 2.05) is 0 Å². The van der Waals surface area contributed by atoms with Gasteiger partial charge in [0.15, 0.2) is 11.6 Å². The predicted molar refractivity (Wildman–Crippen MR) is 82.8 cm³/mol. The normalized spacial score (nSPS) is 21.8. The first-order chi connectivity index (χ1) is 12.1. The molecule has 2 rings (SSSR count). The molecule has 0 saturated heterocycles. The number of rotatable bonds is 4. The van der Waals surface area contributed by atoms with Crippen LogP contribution in [-0.2, 0) is 9.59 Å². The molecule has 3 atom stereocenters. The van der Waals surface area contributed by atoms with Crippen molar-refractivity contribution in [2.24, 2.45) is 11.8 Å². The molecule has 0 aromatic heterocycles. The van der Waals surface area contributed by atoms with Crippen LogP contribution in [0.15, 0.2) is 18.2 Å². The monoisotopic (exact) mass is 378 g/mol. The molecular weight excluding hydrogens is 359 g/mol. The SMILES string of the molecule is CNC(=O)C(NC(=O)C1CCCCC1C(F)(F)F)c1ccc(F)c(F)c1. The number of hydrogen-bond acceptors (Lipinski definition) is 2. The Bertz CT molecular complexity index is 678. The van der Waals surface area contributed by atoms with Gasteiger partial charge in [0, 0.05) is 13.0 Å². The highest BCUT2D eigenvalue weighted by Gasteiger charge is 2.48. The summed E-state index contributed by atoms with van der Waals surface area (Å²) < 4.78 is 66.1. The van der Waals surface area contributed by atoms with E-state index in [0.717, 1.165) is 18.2 Å². The van der Waals surface area contributed by atoms with Crippen LogP contribution in [0.25, 0.3) is 0 Å². The van der Waals surface area contributed by atoms with Crippen molar-refractivity contribution in [3.8, 4) is 0 Å². The summed E-state index contributed by atoms with van der Waals surface area (Å²) in [6.07, 6.45) is -3.78. The Hall–Kier alpha value is -2.19. The molecule has 1 aliphatic rings. The molecule has 0 bridgehead atoms. The maximum atomic E-state index is 13.4. The molecule has 0 heterocycles. The Morgan fingerprint density at radius 2 is 1.77 bits per heavy atom. The Morgan fingerprint density at radius 3 is 2.35 bits per heavy atom. The van der Waals surface area contributed by atoms with E-state index in [9.17, 15) is 31.5 Å². The van der Waals surface area contributed by atoms with Gasteiger partial charge >= 0.3 is 6.18 Å². The first-order valence-electron chi connectivity index (χ1n) is 8.18. The van der Waals surface area contributed by atoms with Crippen LogP contribution in [0.3, 0.4) is 0 Å². The topological polar surface area (TPSA) is 58.2 Å². The maximum Gasteiger partial charge on any atom is 0.392 e. The number of hydrogen-bond donors (Lipinski definition) is 2. The zero-order valence-corrected chi connectivity index (χ0v) is 14.0. The largest absolute Gasteiger partial charge is 0.392 e. The van der Waals surface area contributed by atoms with Crippen LogP contribution in [0.2, 0.25) is 0 Å². The Labute approximate surface area is 147 Å². The second-order valence-corrected chi connectivity index (χ2v) is 6.27. The van der Waals surface area contributed by atoms with Gasteiger partial charge in [0.2, 0.25) is 11.8 Å². The number of carbonyl (C=O) groups is 2. The van der Waals surface area contributed by atoms with E-state index in [1.54, 1.807) is 0 Å². The molecule has 9 heteroatoms. The fourth-order valence-electron chi connectivity index (χ4n) is 3.22. The predicted octanol–water partition coefficient (Wildman–Crippen LogP) is 3.24. The van der Waals surface area contributed by atoms with Crippen LogP contribution in [0.1, 0.15) is 37.3 Å². The number of amides is 2. The summed E-state index contributed by atoms with van der Waals surface area (Å²) in [7, 11) is 1.26. The summed E-state index contributed by atoms with van der Waals surface area (Å²) in [5.74, 6) is -7.14. The molecule has 1 aromatic carbocycles. The lowest BCUT2D eigenvalue weighted by Gasteiger charge is -2.33. The van der Waals surface area contributed by atoms with Crippen molar-refractivity contribution in [3.63, 3.8) is 0 Å². The molecule has 144 valence electrons. The van der Waals surface area contributed by atoms with Gasteiger partial charge in [-0.15, -0.1) is 0 Å². The summed E-state index contributed by atoms with van der Waals surface area (Å²) in [4.78, 5) is 24.5. The molecule has 4 nitrogen and oxygen atoms in total. The summed E-state index contributed by atoms with van der Waals surface area (Å²) in [6.45, 7) is 0. The highest BCUT2D eigenvalue weighted by atomic mass is 19.4. The van der Waals surface area contributed by atoms with Gasteiger partial charge in [-0.2, -0.15) is 13.2 Å². The summed E-state index contributed by atoms with van der Waals surface area (Å²) in [5.41, 5.74) is -0.0593. The molecule has 1 fully saturated rings. The molecule has 0 radical (unpaired) electrons. The average molecular weight is 378 g/mol. The van der Waals surface area contributed by atoms with Crippen molar-refractivity contribution in [1.29, 1.82) is 0 Å². The molecule has 2 amide bonds. The van der Waals surface area contributed by atoms with Crippen LogP contribution in [0, 0.1) is 23.5 Å². The molecule has 1 aromatic rings.